The summed E-state index contributed by atoms with van der Waals surface area (Å²) in [5, 5.41) is 0.576. The molecule has 0 heterocycles. The predicted octanol–water partition coefficient (Wildman–Crippen LogP) is 5.01. The van der Waals surface area contributed by atoms with Crippen LogP contribution < -0.4 is 0 Å². The summed E-state index contributed by atoms with van der Waals surface area (Å²) in [6, 6.07) is 15.1. The van der Waals surface area contributed by atoms with E-state index in [1.165, 1.54) is 24.0 Å². The molecule has 2 saturated carbocycles. The molecule has 0 aliphatic heterocycles. The second kappa shape index (κ2) is 5.34. The highest BCUT2D eigenvalue weighted by Crippen LogP contribution is 2.69. The number of sulfone groups is 1. The van der Waals surface area contributed by atoms with Gasteiger partial charge < -0.3 is 0 Å². The van der Waals surface area contributed by atoms with Crippen LogP contribution in [0.3, 0.4) is 0 Å². The Hall–Kier alpha value is -1.32. The van der Waals surface area contributed by atoms with Crippen molar-refractivity contribution < 1.29 is 8.42 Å². The van der Waals surface area contributed by atoms with Crippen molar-refractivity contribution in [3.05, 3.63) is 64.7 Å². The minimum atomic E-state index is -3.41. The first-order valence-electron chi connectivity index (χ1n) is 9.14. The standard InChI is InChI=1S/C21H21ClO2S/c22-15-9-11-16(12-10-15)25(23,24)21-13-14-5-1-2-6-17(14)20(21)18-7-3-4-8-19(18)21/h1-2,5-6,9-12,18-20H,3-4,7-8,13H2/t18-,19-,20+,21+/m0/s1. The van der Waals surface area contributed by atoms with Crippen molar-refractivity contribution >= 4 is 21.4 Å². The van der Waals surface area contributed by atoms with Crippen LogP contribution in [-0.2, 0) is 16.3 Å². The van der Waals surface area contributed by atoms with Gasteiger partial charge in [-0.15, -0.1) is 0 Å². The third kappa shape index (κ3) is 1.94. The van der Waals surface area contributed by atoms with Gasteiger partial charge in [0, 0.05) is 10.9 Å². The number of fused-ring (bicyclic) bond motifs is 6. The van der Waals surface area contributed by atoms with E-state index in [0.717, 1.165) is 12.8 Å². The Balaban J connectivity index is 1.69. The molecule has 25 heavy (non-hydrogen) atoms. The fourth-order valence-electron chi connectivity index (χ4n) is 5.97. The molecule has 2 nitrogen and oxygen atoms in total. The predicted molar refractivity (Wildman–Crippen MR) is 99.7 cm³/mol. The van der Waals surface area contributed by atoms with Crippen LogP contribution in [0.5, 0.6) is 0 Å². The Morgan fingerprint density at radius 2 is 1.68 bits per heavy atom. The average molecular weight is 373 g/mol. The SMILES string of the molecule is O=S(=O)(c1ccc(Cl)cc1)[C@@]12Cc3ccccc3[C@@H]1[C@H]1CCCC[C@@H]12. The van der Waals surface area contributed by atoms with E-state index in [1.807, 2.05) is 6.07 Å². The van der Waals surface area contributed by atoms with Crippen molar-refractivity contribution in [1.82, 2.24) is 0 Å². The van der Waals surface area contributed by atoms with E-state index in [1.54, 1.807) is 24.3 Å². The topological polar surface area (TPSA) is 34.1 Å². The molecule has 0 radical (unpaired) electrons. The maximum atomic E-state index is 13.8. The highest BCUT2D eigenvalue weighted by atomic mass is 35.5. The van der Waals surface area contributed by atoms with E-state index in [0.29, 0.717) is 28.2 Å². The first-order valence-corrected chi connectivity index (χ1v) is 11.0. The van der Waals surface area contributed by atoms with Gasteiger partial charge in [0.25, 0.3) is 0 Å². The fourth-order valence-corrected chi connectivity index (χ4v) is 8.70. The third-order valence-electron chi connectivity index (χ3n) is 6.88. The average Bonchev–Trinajstić information content (AvgIpc) is 2.92. The van der Waals surface area contributed by atoms with E-state index in [-0.39, 0.29) is 5.92 Å². The molecule has 3 aliphatic carbocycles. The summed E-state index contributed by atoms with van der Waals surface area (Å²) in [5.41, 5.74) is 2.52. The van der Waals surface area contributed by atoms with E-state index in [9.17, 15) is 8.42 Å². The minimum absolute atomic E-state index is 0.162. The van der Waals surface area contributed by atoms with E-state index in [2.05, 4.69) is 18.2 Å². The Labute approximate surface area is 154 Å². The molecular weight excluding hydrogens is 352 g/mol. The molecule has 5 rings (SSSR count). The highest BCUT2D eigenvalue weighted by Gasteiger charge is 2.71. The molecule has 4 heteroatoms. The molecule has 0 bridgehead atoms. The van der Waals surface area contributed by atoms with Gasteiger partial charge in [0.05, 0.1) is 9.64 Å². The van der Waals surface area contributed by atoms with Gasteiger partial charge in [-0.1, -0.05) is 48.7 Å². The van der Waals surface area contributed by atoms with Gasteiger partial charge >= 0.3 is 0 Å². The Morgan fingerprint density at radius 3 is 2.48 bits per heavy atom. The summed E-state index contributed by atoms with van der Waals surface area (Å²) in [6.45, 7) is 0. The number of benzene rings is 2. The second-order valence-electron chi connectivity index (χ2n) is 7.82. The largest absolute Gasteiger partial charge is 0.223 e. The highest BCUT2D eigenvalue weighted by molar-refractivity contribution is 7.93. The van der Waals surface area contributed by atoms with Crippen LogP contribution in [0.25, 0.3) is 0 Å². The zero-order chi connectivity index (χ0) is 17.2. The lowest BCUT2D eigenvalue weighted by Crippen LogP contribution is -2.64. The van der Waals surface area contributed by atoms with E-state index >= 15 is 0 Å². The first-order chi connectivity index (χ1) is 12.1. The molecular formula is C21H21ClO2S. The monoisotopic (exact) mass is 372 g/mol. The normalized spacial score (nSPS) is 33.1. The third-order valence-corrected chi connectivity index (χ3v) is 9.73. The summed E-state index contributed by atoms with van der Waals surface area (Å²) < 4.78 is 27.0. The molecule has 0 N–H and O–H groups in total. The van der Waals surface area contributed by atoms with E-state index < -0.39 is 14.6 Å². The first kappa shape index (κ1) is 15.9. The van der Waals surface area contributed by atoms with Crippen LogP contribution >= 0.6 is 11.6 Å². The summed E-state index contributed by atoms with van der Waals surface area (Å²) in [6.07, 6.45) is 5.27. The zero-order valence-corrected chi connectivity index (χ0v) is 15.6. The number of halogens is 1. The van der Waals surface area contributed by atoms with Crippen LogP contribution in [0, 0.1) is 11.8 Å². The van der Waals surface area contributed by atoms with Crippen LogP contribution in [0.2, 0.25) is 5.02 Å². The van der Waals surface area contributed by atoms with Crippen molar-refractivity contribution in [3.63, 3.8) is 0 Å². The molecule has 3 aliphatic rings. The lowest BCUT2D eigenvalue weighted by molar-refractivity contribution is 0.0284. The molecule has 0 aromatic heterocycles. The molecule has 0 saturated heterocycles. The molecule has 0 unspecified atom stereocenters. The van der Waals surface area contributed by atoms with Gasteiger partial charge in [-0.25, -0.2) is 8.42 Å². The van der Waals surface area contributed by atoms with Crippen molar-refractivity contribution in [2.45, 2.75) is 47.7 Å². The second-order valence-corrected chi connectivity index (χ2v) is 10.5. The molecule has 0 spiro atoms. The number of hydrogen-bond donors (Lipinski definition) is 0. The number of rotatable bonds is 2. The Bertz CT molecular complexity index is 935. The van der Waals surface area contributed by atoms with Crippen molar-refractivity contribution in [1.29, 1.82) is 0 Å². The summed E-state index contributed by atoms with van der Waals surface area (Å²) >= 11 is 5.99. The fraction of sp³-hybridized carbons (Fsp3) is 0.429. The maximum Gasteiger partial charge on any atom is 0.185 e. The van der Waals surface area contributed by atoms with Gasteiger partial charge in [-0.2, -0.15) is 0 Å². The van der Waals surface area contributed by atoms with E-state index in [4.69, 9.17) is 11.6 Å². The molecule has 130 valence electrons. The summed E-state index contributed by atoms with van der Waals surface area (Å²) in [4.78, 5) is 0.429. The van der Waals surface area contributed by atoms with Gasteiger partial charge in [-0.3, -0.25) is 0 Å². The van der Waals surface area contributed by atoms with Gasteiger partial charge in [0.15, 0.2) is 9.84 Å². The van der Waals surface area contributed by atoms with Gasteiger partial charge in [0.1, 0.15) is 0 Å². The lowest BCUT2D eigenvalue weighted by atomic mass is 9.51. The smallest absolute Gasteiger partial charge is 0.185 e. The van der Waals surface area contributed by atoms with Crippen molar-refractivity contribution in [2.75, 3.05) is 0 Å². The van der Waals surface area contributed by atoms with Crippen LogP contribution in [0.1, 0.15) is 42.7 Å². The molecule has 0 amide bonds. The Kier molecular flexibility index (Phi) is 3.40. The summed E-state index contributed by atoms with van der Waals surface area (Å²) in [5.74, 6) is 0.980. The maximum absolute atomic E-state index is 13.8. The minimum Gasteiger partial charge on any atom is -0.223 e. The van der Waals surface area contributed by atoms with Crippen LogP contribution in [-0.4, -0.2) is 13.2 Å². The molecule has 4 atom stereocenters. The van der Waals surface area contributed by atoms with Crippen molar-refractivity contribution in [2.24, 2.45) is 11.8 Å². The molecule has 2 fully saturated rings. The van der Waals surface area contributed by atoms with Crippen LogP contribution in [0.15, 0.2) is 53.4 Å². The van der Waals surface area contributed by atoms with Crippen molar-refractivity contribution in [3.8, 4) is 0 Å². The number of hydrogen-bond acceptors (Lipinski definition) is 2. The van der Waals surface area contributed by atoms with Gasteiger partial charge in [-0.05, 0) is 66.5 Å². The summed E-state index contributed by atoms with van der Waals surface area (Å²) in [7, 11) is -3.41. The zero-order valence-electron chi connectivity index (χ0n) is 14.0. The molecule has 2 aromatic carbocycles. The Morgan fingerprint density at radius 1 is 0.960 bits per heavy atom. The quantitative estimate of drug-likeness (QED) is 0.742. The lowest BCUT2D eigenvalue weighted by Gasteiger charge is -2.60. The van der Waals surface area contributed by atoms with Crippen LogP contribution in [0.4, 0.5) is 0 Å². The van der Waals surface area contributed by atoms with Gasteiger partial charge in [0.2, 0.25) is 0 Å². The molecule has 2 aromatic rings.